The normalized spacial score (nSPS) is 28.8. The molecule has 4 heteroatoms. The average Bonchev–Trinajstić information content (AvgIpc) is 2.63. The summed E-state index contributed by atoms with van der Waals surface area (Å²) in [7, 11) is 0. The summed E-state index contributed by atoms with van der Waals surface area (Å²) in [6.07, 6.45) is 16.8. The minimum absolute atomic E-state index is 0.384. The molecule has 2 fully saturated rings. The molecule has 0 bridgehead atoms. The van der Waals surface area contributed by atoms with Gasteiger partial charge in [-0.15, -0.1) is 0 Å². The summed E-state index contributed by atoms with van der Waals surface area (Å²) < 4.78 is 0. The van der Waals surface area contributed by atoms with E-state index in [2.05, 4.69) is 0 Å². The molecule has 2 rings (SSSR count). The van der Waals surface area contributed by atoms with Gasteiger partial charge in [-0.1, -0.05) is 42.6 Å². The first-order valence-electron chi connectivity index (χ1n) is 10.7. The zero-order valence-corrected chi connectivity index (χ0v) is 17.0. The Labute approximate surface area is 163 Å². The topological polar surface area (TPSA) is 74.6 Å². The first kappa shape index (κ1) is 21.7. The Morgan fingerprint density at radius 3 is 2.37 bits per heavy atom. The number of aliphatic carboxylic acids is 2. The van der Waals surface area contributed by atoms with Crippen LogP contribution in [-0.4, -0.2) is 22.2 Å². The second-order valence-electron chi connectivity index (χ2n) is 8.66. The number of carbonyl (C=O) groups is 2. The minimum Gasteiger partial charge on any atom is -0.481 e. The molecule has 0 aromatic rings. The maximum absolute atomic E-state index is 11.2. The van der Waals surface area contributed by atoms with Gasteiger partial charge < -0.3 is 10.2 Å². The van der Waals surface area contributed by atoms with Crippen molar-refractivity contribution >= 4 is 11.9 Å². The summed E-state index contributed by atoms with van der Waals surface area (Å²) in [5.74, 6) is -1.00. The fourth-order valence-electron chi connectivity index (χ4n) is 4.72. The van der Waals surface area contributed by atoms with Crippen molar-refractivity contribution in [1.29, 1.82) is 0 Å². The third kappa shape index (κ3) is 7.15. The van der Waals surface area contributed by atoms with Gasteiger partial charge in [-0.25, -0.2) is 0 Å². The first-order chi connectivity index (χ1) is 12.9. The number of rotatable bonds is 8. The molecule has 0 aromatic heterocycles. The van der Waals surface area contributed by atoms with Crippen molar-refractivity contribution in [3.05, 3.63) is 23.3 Å². The molecule has 4 unspecified atom stereocenters. The molecule has 4 atom stereocenters. The highest BCUT2D eigenvalue weighted by atomic mass is 16.4. The lowest BCUT2D eigenvalue weighted by molar-refractivity contribution is -0.140. The third-order valence-electron chi connectivity index (χ3n) is 6.35. The van der Waals surface area contributed by atoms with Gasteiger partial charge in [0, 0.05) is 0 Å². The Bertz CT molecular complexity index is 575. The van der Waals surface area contributed by atoms with Crippen LogP contribution < -0.4 is 0 Å². The molecule has 2 aliphatic rings. The van der Waals surface area contributed by atoms with Crippen LogP contribution in [0.25, 0.3) is 0 Å². The molecule has 0 spiro atoms. The molecule has 0 aromatic carbocycles. The summed E-state index contributed by atoms with van der Waals surface area (Å²) in [4.78, 5) is 22.2. The number of hydrogen-bond acceptors (Lipinski definition) is 2. The SMILES string of the molecule is CC(C=C1CCCC(CCCC2CCCCC2=CC(C)C(=O)O)C1)C(=O)O. The summed E-state index contributed by atoms with van der Waals surface area (Å²) in [5, 5.41) is 18.3. The molecule has 2 saturated carbocycles. The predicted octanol–water partition coefficient (Wildman–Crippen LogP) is 5.83. The van der Waals surface area contributed by atoms with Gasteiger partial charge in [0.15, 0.2) is 0 Å². The monoisotopic (exact) mass is 376 g/mol. The van der Waals surface area contributed by atoms with E-state index in [1.54, 1.807) is 13.8 Å². The van der Waals surface area contributed by atoms with Crippen LogP contribution in [0, 0.1) is 23.7 Å². The number of carboxylic acids is 2. The number of allylic oxidation sites excluding steroid dienone is 2. The van der Waals surface area contributed by atoms with E-state index in [-0.39, 0.29) is 11.8 Å². The van der Waals surface area contributed by atoms with Gasteiger partial charge in [-0.05, 0) is 77.0 Å². The lowest BCUT2D eigenvalue weighted by Crippen LogP contribution is -2.15. The van der Waals surface area contributed by atoms with Gasteiger partial charge in [-0.2, -0.15) is 0 Å². The lowest BCUT2D eigenvalue weighted by atomic mass is 9.77. The molecule has 0 saturated heterocycles. The van der Waals surface area contributed by atoms with Crippen LogP contribution in [0.4, 0.5) is 0 Å². The summed E-state index contributed by atoms with van der Waals surface area (Å²) in [6, 6.07) is 0. The van der Waals surface area contributed by atoms with Gasteiger partial charge in [-0.3, -0.25) is 9.59 Å². The van der Waals surface area contributed by atoms with Crippen molar-refractivity contribution in [2.45, 2.75) is 84.5 Å². The summed E-state index contributed by atoms with van der Waals surface area (Å²) in [6.45, 7) is 3.53. The quantitative estimate of drug-likeness (QED) is 0.523. The van der Waals surface area contributed by atoms with Crippen LogP contribution in [0.1, 0.15) is 84.5 Å². The maximum Gasteiger partial charge on any atom is 0.310 e. The van der Waals surface area contributed by atoms with Crippen LogP contribution in [0.5, 0.6) is 0 Å². The molecule has 0 aliphatic heterocycles. The van der Waals surface area contributed by atoms with Crippen molar-refractivity contribution in [3.8, 4) is 0 Å². The van der Waals surface area contributed by atoms with Crippen LogP contribution in [0.3, 0.4) is 0 Å². The van der Waals surface area contributed by atoms with E-state index in [1.807, 2.05) is 12.2 Å². The van der Waals surface area contributed by atoms with E-state index < -0.39 is 11.9 Å². The second kappa shape index (κ2) is 10.7. The van der Waals surface area contributed by atoms with Crippen molar-refractivity contribution in [3.63, 3.8) is 0 Å². The van der Waals surface area contributed by atoms with E-state index >= 15 is 0 Å². The molecular formula is C23H36O4. The van der Waals surface area contributed by atoms with Crippen LogP contribution in [-0.2, 0) is 9.59 Å². The third-order valence-corrected chi connectivity index (χ3v) is 6.35. The zero-order chi connectivity index (χ0) is 19.8. The Hall–Kier alpha value is -1.58. The number of carboxylic acid groups (broad SMARTS) is 2. The van der Waals surface area contributed by atoms with E-state index in [9.17, 15) is 14.7 Å². The standard InChI is InChI=1S/C23H36O4/c1-16(22(24)25)13-19-9-5-7-18(15-19)8-6-12-20-10-3-4-11-21(20)14-17(2)23(26)27/h13-14,16-18,20H,3-12,15H2,1-2H3,(H,24,25)(H,26,27). The van der Waals surface area contributed by atoms with Crippen LogP contribution >= 0.6 is 0 Å². The van der Waals surface area contributed by atoms with Gasteiger partial charge >= 0.3 is 11.9 Å². The Balaban J connectivity index is 1.83. The average molecular weight is 377 g/mol. The van der Waals surface area contributed by atoms with E-state index in [4.69, 9.17) is 5.11 Å². The van der Waals surface area contributed by atoms with E-state index in [0.717, 1.165) is 19.3 Å². The highest BCUT2D eigenvalue weighted by Crippen LogP contribution is 2.37. The number of hydrogen-bond donors (Lipinski definition) is 2. The molecule has 0 heterocycles. The molecule has 27 heavy (non-hydrogen) atoms. The molecule has 4 nitrogen and oxygen atoms in total. The molecule has 2 N–H and O–H groups in total. The molecule has 0 radical (unpaired) electrons. The maximum atomic E-state index is 11.2. The van der Waals surface area contributed by atoms with Gasteiger partial charge in [0.25, 0.3) is 0 Å². The smallest absolute Gasteiger partial charge is 0.310 e. The van der Waals surface area contributed by atoms with E-state index in [0.29, 0.717) is 11.8 Å². The van der Waals surface area contributed by atoms with Crippen LogP contribution in [0.15, 0.2) is 23.3 Å². The zero-order valence-electron chi connectivity index (χ0n) is 17.0. The van der Waals surface area contributed by atoms with Gasteiger partial charge in [0.2, 0.25) is 0 Å². The molecular weight excluding hydrogens is 340 g/mol. The van der Waals surface area contributed by atoms with E-state index in [1.165, 1.54) is 62.5 Å². The Morgan fingerprint density at radius 2 is 1.67 bits per heavy atom. The Kier molecular flexibility index (Phi) is 8.59. The fraction of sp³-hybridized carbons (Fsp3) is 0.739. The lowest BCUT2D eigenvalue weighted by Gasteiger charge is -2.28. The molecule has 0 amide bonds. The van der Waals surface area contributed by atoms with Gasteiger partial charge in [0.1, 0.15) is 0 Å². The van der Waals surface area contributed by atoms with Crippen molar-refractivity contribution in [1.82, 2.24) is 0 Å². The summed E-state index contributed by atoms with van der Waals surface area (Å²) in [5.41, 5.74) is 2.70. The van der Waals surface area contributed by atoms with Gasteiger partial charge in [0.05, 0.1) is 11.8 Å². The highest BCUT2D eigenvalue weighted by molar-refractivity contribution is 5.72. The Morgan fingerprint density at radius 1 is 0.963 bits per heavy atom. The van der Waals surface area contributed by atoms with Crippen molar-refractivity contribution in [2.24, 2.45) is 23.7 Å². The minimum atomic E-state index is -0.739. The second-order valence-corrected chi connectivity index (χ2v) is 8.66. The molecule has 2 aliphatic carbocycles. The predicted molar refractivity (Wildman–Crippen MR) is 108 cm³/mol. The fourth-order valence-corrected chi connectivity index (χ4v) is 4.72. The summed E-state index contributed by atoms with van der Waals surface area (Å²) >= 11 is 0. The first-order valence-corrected chi connectivity index (χ1v) is 10.7. The van der Waals surface area contributed by atoms with Crippen molar-refractivity contribution in [2.75, 3.05) is 0 Å². The highest BCUT2D eigenvalue weighted by Gasteiger charge is 2.23. The largest absolute Gasteiger partial charge is 0.481 e. The van der Waals surface area contributed by atoms with Crippen LogP contribution in [0.2, 0.25) is 0 Å². The van der Waals surface area contributed by atoms with Crippen molar-refractivity contribution < 1.29 is 19.8 Å². The molecule has 152 valence electrons.